The van der Waals surface area contributed by atoms with Crippen LogP contribution in [0.15, 0.2) is 6.33 Å². The molecular weight excluding hydrogens is 252 g/mol. The molecule has 1 aromatic rings. The minimum atomic E-state index is 0.724. The molecule has 0 bridgehead atoms. The van der Waals surface area contributed by atoms with Gasteiger partial charge in [0.2, 0.25) is 0 Å². The first-order chi connectivity index (χ1) is 9.85. The number of nitrogens with one attached hydrogen (secondary N) is 2. The van der Waals surface area contributed by atoms with Crippen LogP contribution >= 0.6 is 0 Å². The van der Waals surface area contributed by atoms with Gasteiger partial charge in [0, 0.05) is 18.7 Å². The van der Waals surface area contributed by atoms with E-state index < -0.39 is 0 Å². The summed E-state index contributed by atoms with van der Waals surface area (Å²) in [4.78, 5) is 11.0. The van der Waals surface area contributed by atoms with Crippen molar-refractivity contribution in [3.05, 3.63) is 11.9 Å². The summed E-state index contributed by atoms with van der Waals surface area (Å²) in [5.74, 6) is 7.15. The molecule has 1 aliphatic rings. The van der Waals surface area contributed by atoms with Crippen LogP contribution in [-0.2, 0) is 6.42 Å². The maximum absolute atomic E-state index is 5.52. The molecule has 6 heteroatoms. The van der Waals surface area contributed by atoms with Gasteiger partial charge in [-0.25, -0.2) is 15.8 Å². The molecule has 4 N–H and O–H groups in total. The van der Waals surface area contributed by atoms with Crippen LogP contribution in [0.1, 0.15) is 38.2 Å². The van der Waals surface area contributed by atoms with Gasteiger partial charge in [-0.05, 0) is 32.4 Å². The molecular formula is C14H26N6. The Bertz CT molecular complexity index is 403. The van der Waals surface area contributed by atoms with Gasteiger partial charge in [-0.3, -0.25) is 0 Å². The van der Waals surface area contributed by atoms with Crippen molar-refractivity contribution < 1.29 is 0 Å². The number of nitrogens with two attached hydrogens (primary N) is 1. The SMILES string of the molecule is CCCc1c(NN)ncnc1NCCN1CCCCC1. The second-order valence-electron chi connectivity index (χ2n) is 5.27. The first-order valence-electron chi connectivity index (χ1n) is 7.62. The van der Waals surface area contributed by atoms with Gasteiger partial charge in [-0.15, -0.1) is 0 Å². The fourth-order valence-electron chi connectivity index (χ4n) is 2.69. The molecule has 1 fully saturated rings. The number of nitrogens with zero attached hydrogens (tertiary/aromatic N) is 3. The zero-order valence-corrected chi connectivity index (χ0v) is 12.4. The summed E-state index contributed by atoms with van der Waals surface area (Å²) in [6.07, 6.45) is 7.56. The van der Waals surface area contributed by atoms with E-state index in [0.29, 0.717) is 0 Å². The Kier molecular flexibility index (Phi) is 6.01. The highest BCUT2D eigenvalue weighted by Crippen LogP contribution is 2.20. The normalized spacial score (nSPS) is 16.1. The number of hydrogen-bond acceptors (Lipinski definition) is 6. The smallest absolute Gasteiger partial charge is 0.148 e. The van der Waals surface area contributed by atoms with Crippen molar-refractivity contribution in [1.29, 1.82) is 0 Å². The molecule has 0 radical (unpaired) electrons. The third kappa shape index (κ3) is 4.05. The number of anilines is 2. The lowest BCUT2D eigenvalue weighted by Crippen LogP contribution is -2.34. The van der Waals surface area contributed by atoms with E-state index in [1.165, 1.54) is 32.4 Å². The van der Waals surface area contributed by atoms with Gasteiger partial charge in [0.15, 0.2) is 0 Å². The molecule has 0 amide bonds. The van der Waals surface area contributed by atoms with Gasteiger partial charge >= 0.3 is 0 Å². The molecule has 0 unspecified atom stereocenters. The van der Waals surface area contributed by atoms with Gasteiger partial charge in [0.05, 0.1) is 0 Å². The predicted octanol–water partition coefficient (Wildman–Crippen LogP) is 1.61. The van der Waals surface area contributed by atoms with Gasteiger partial charge < -0.3 is 15.6 Å². The van der Waals surface area contributed by atoms with Crippen molar-refractivity contribution >= 4 is 11.6 Å². The molecule has 2 heterocycles. The van der Waals surface area contributed by atoms with E-state index in [0.717, 1.165) is 43.1 Å². The van der Waals surface area contributed by atoms with Crippen molar-refractivity contribution in [3.63, 3.8) is 0 Å². The zero-order valence-electron chi connectivity index (χ0n) is 12.4. The van der Waals surface area contributed by atoms with Gasteiger partial charge in [0.25, 0.3) is 0 Å². The molecule has 1 saturated heterocycles. The van der Waals surface area contributed by atoms with Crippen molar-refractivity contribution in [3.8, 4) is 0 Å². The summed E-state index contributed by atoms with van der Waals surface area (Å²) in [6, 6.07) is 0. The second-order valence-corrected chi connectivity index (χ2v) is 5.27. The lowest BCUT2D eigenvalue weighted by Gasteiger charge is -2.26. The Morgan fingerprint density at radius 1 is 1.20 bits per heavy atom. The molecule has 20 heavy (non-hydrogen) atoms. The predicted molar refractivity (Wildman–Crippen MR) is 82.6 cm³/mol. The van der Waals surface area contributed by atoms with Crippen LogP contribution in [0.2, 0.25) is 0 Å². The Labute approximate surface area is 121 Å². The molecule has 6 nitrogen and oxygen atoms in total. The molecule has 2 rings (SSSR count). The number of hydrogen-bond donors (Lipinski definition) is 3. The lowest BCUT2D eigenvalue weighted by molar-refractivity contribution is 0.237. The number of aromatic nitrogens is 2. The maximum atomic E-state index is 5.52. The minimum absolute atomic E-state index is 0.724. The monoisotopic (exact) mass is 278 g/mol. The molecule has 0 spiro atoms. The van der Waals surface area contributed by atoms with E-state index in [4.69, 9.17) is 5.84 Å². The van der Waals surface area contributed by atoms with Crippen molar-refractivity contribution in [1.82, 2.24) is 14.9 Å². The molecule has 0 atom stereocenters. The van der Waals surface area contributed by atoms with Crippen LogP contribution in [0.5, 0.6) is 0 Å². The van der Waals surface area contributed by atoms with Gasteiger partial charge in [0.1, 0.15) is 18.0 Å². The topological polar surface area (TPSA) is 79.1 Å². The highest BCUT2D eigenvalue weighted by Gasteiger charge is 2.12. The summed E-state index contributed by atoms with van der Waals surface area (Å²) >= 11 is 0. The minimum Gasteiger partial charge on any atom is -0.368 e. The number of nitrogen functional groups attached to an aromatic ring is 1. The van der Waals surface area contributed by atoms with E-state index in [-0.39, 0.29) is 0 Å². The highest BCUT2D eigenvalue weighted by molar-refractivity contribution is 5.56. The molecule has 1 aliphatic heterocycles. The van der Waals surface area contributed by atoms with Crippen LogP contribution < -0.4 is 16.6 Å². The number of piperidine rings is 1. The Balaban J connectivity index is 1.90. The Hall–Kier alpha value is -1.40. The van der Waals surface area contributed by atoms with Crippen molar-refractivity contribution in [2.45, 2.75) is 39.0 Å². The van der Waals surface area contributed by atoms with E-state index in [9.17, 15) is 0 Å². The highest BCUT2D eigenvalue weighted by atomic mass is 15.3. The first kappa shape index (κ1) is 15.0. The standard InChI is InChI=1S/C14H26N6/c1-2-6-12-13(17-11-18-14(12)19-15)16-7-10-20-8-4-3-5-9-20/h11H,2-10,15H2,1H3,(H2,16,17,18,19). The molecule has 0 aliphatic carbocycles. The molecule has 0 saturated carbocycles. The van der Waals surface area contributed by atoms with Crippen LogP contribution in [0, 0.1) is 0 Å². The number of rotatable bonds is 7. The second kappa shape index (κ2) is 8.01. The van der Waals surface area contributed by atoms with Crippen LogP contribution in [0.25, 0.3) is 0 Å². The largest absolute Gasteiger partial charge is 0.368 e. The number of hydrazine groups is 1. The lowest BCUT2D eigenvalue weighted by atomic mass is 10.1. The third-order valence-electron chi connectivity index (χ3n) is 3.75. The fourth-order valence-corrected chi connectivity index (χ4v) is 2.69. The fraction of sp³-hybridized carbons (Fsp3) is 0.714. The van der Waals surface area contributed by atoms with Crippen LogP contribution in [-0.4, -0.2) is 41.0 Å². The maximum Gasteiger partial charge on any atom is 0.148 e. The average molecular weight is 278 g/mol. The Morgan fingerprint density at radius 3 is 2.65 bits per heavy atom. The first-order valence-corrected chi connectivity index (χ1v) is 7.62. The number of likely N-dealkylation sites (tertiary alicyclic amines) is 1. The summed E-state index contributed by atoms with van der Waals surface area (Å²) in [5, 5.41) is 3.43. The molecule has 1 aromatic heterocycles. The quantitative estimate of drug-likeness (QED) is 0.519. The summed E-state index contributed by atoms with van der Waals surface area (Å²) in [6.45, 7) is 6.58. The van der Waals surface area contributed by atoms with Crippen molar-refractivity contribution in [2.75, 3.05) is 36.9 Å². The summed E-state index contributed by atoms with van der Waals surface area (Å²) in [7, 11) is 0. The summed E-state index contributed by atoms with van der Waals surface area (Å²) in [5.41, 5.74) is 3.74. The van der Waals surface area contributed by atoms with Gasteiger partial charge in [-0.2, -0.15) is 0 Å². The summed E-state index contributed by atoms with van der Waals surface area (Å²) < 4.78 is 0. The van der Waals surface area contributed by atoms with E-state index >= 15 is 0 Å². The van der Waals surface area contributed by atoms with Gasteiger partial charge in [-0.1, -0.05) is 19.8 Å². The molecule has 0 aromatic carbocycles. The van der Waals surface area contributed by atoms with Crippen LogP contribution in [0.4, 0.5) is 11.6 Å². The zero-order chi connectivity index (χ0) is 14.2. The van der Waals surface area contributed by atoms with E-state index in [1.54, 1.807) is 6.33 Å². The van der Waals surface area contributed by atoms with E-state index in [2.05, 4.69) is 32.5 Å². The third-order valence-corrected chi connectivity index (χ3v) is 3.75. The van der Waals surface area contributed by atoms with Crippen LogP contribution in [0.3, 0.4) is 0 Å². The average Bonchev–Trinajstić information content (AvgIpc) is 2.50. The molecule has 112 valence electrons. The Morgan fingerprint density at radius 2 is 1.95 bits per heavy atom. The van der Waals surface area contributed by atoms with Crippen molar-refractivity contribution in [2.24, 2.45) is 5.84 Å². The van der Waals surface area contributed by atoms with E-state index in [1.807, 2.05) is 0 Å².